The van der Waals surface area contributed by atoms with Crippen LogP contribution in [0.1, 0.15) is 12.5 Å². The number of hydrogen-bond acceptors (Lipinski definition) is 5. The zero-order valence-electron chi connectivity index (χ0n) is 10.7. The molecular formula is C12H13FN4O2S. The van der Waals surface area contributed by atoms with Crippen molar-refractivity contribution in [3.63, 3.8) is 0 Å². The van der Waals surface area contributed by atoms with Gasteiger partial charge in [0.15, 0.2) is 11.9 Å². The Labute approximate surface area is 119 Å². The molecule has 1 heterocycles. The Hall–Kier alpha value is -1.96. The number of benzene rings is 1. The van der Waals surface area contributed by atoms with Crippen LogP contribution in [0.2, 0.25) is 0 Å². The van der Waals surface area contributed by atoms with Gasteiger partial charge in [-0.3, -0.25) is 0 Å². The summed E-state index contributed by atoms with van der Waals surface area (Å²) in [4.78, 5) is 11.4. The van der Waals surface area contributed by atoms with Crippen molar-refractivity contribution in [3.05, 3.63) is 30.1 Å². The highest BCUT2D eigenvalue weighted by Crippen LogP contribution is 2.22. The molecule has 106 valence electrons. The van der Waals surface area contributed by atoms with Crippen LogP contribution in [-0.4, -0.2) is 43.3 Å². The number of tetrazole rings is 1. The predicted octanol–water partition coefficient (Wildman–Crippen LogP) is 1.86. The first-order valence-electron chi connectivity index (χ1n) is 5.89. The number of halogens is 1. The summed E-state index contributed by atoms with van der Waals surface area (Å²) in [6.07, 6.45) is 2.29. The van der Waals surface area contributed by atoms with E-state index in [1.165, 1.54) is 22.9 Å². The molecule has 0 saturated carbocycles. The molecule has 0 spiro atoms. The molecule has 6 nitrogen and oxygen atoms in total. The number of rotatable bonds is 6. The van der Waals surface area contributed by atoms with Crippen LogP contribution < -0.4 is 0 Å². The first-order valence-corrected chi connectivity index (χ1v) is 7.28. The van der Waals surface area contributed by atoms with Gasteiger partial charge in [0.1, 0.15) is 5.82 Å². The van der Waals surface area contributed by atoms with Crippen molar-refractivity contribution < 1.29 is 14.3 Å². The summed E-state index contributed by atoms with van der Waals surface area (Å²) in [5.74, 6) is -0.519. The van der Waals surface area contributed by atoms with Crippen molar-refractivity contribution in [2.45, 2.75) is 12.5 Å². The fourth-order valence-corrected chi connectivity index (χ4v) is 2.26. The van der Waals surface area contributed by atoms with Gasteiger partial charge >= 0.3 is 5.97 Å². The maximum absolute atomic E-state index is 13.3. The SMILES string of the molecule is CSCCC(C(=O)O)n1nnnc1-c1cccc(F)c1. The van der Waals surface area contributed by atoms with Crippen molar-refractivity contribution in [3.8, 4) is 11.4 Å². The van der Waals surface area contributed by atoms with Crippen molar-refractivity contribution in [1.82, 2.24) is 20.2 Å². The summed E-state index contributed by atoms with van der Waals surface area (Å²) >= 11 is 1.54. The molecule has 0 saturated heterocycles. The lowest BCUT2D eigenvalue weighted by Crippen LogP contribution is -2.22. The second-order valence-corrected chi connectivity index (χ2v) is 5.08. The highest BCUT2D eigenvalue weighted by molar-refractivity contribution is 7.98. The Morgan fingerprint density at radius 2 is 2.35 bits per heavy atom. The molecule has 0 radical (unpaired) electrons. The third-order valence-corrected chi connectivity index (χ3v) is 3.40. The quantitative estimate of drug-likeness (QED) is 0.876. The molecule has 0 aliphatic rings. The lowest BCUT2D eigenvalue weighted by Gasteiger charge is -2.13. The predicted molar refractivity (Wildman–Crippen MR) is 72.9 cm³/mol. The van der Waals surface area contributed by atoms with Crippen LogP contribution in [0.15, 0.2) is 24.3 Å². The molecule has 0 aliphatic heterocycles. The molecule has 0 bridgehead atoms. The van der Waals surface area contributed by atoms with Gasteiger partial charge in [0.05, 0.1) is 0 Å². The summed E-state index contributed by atoms with van der Waals surface area (Å²) < 4.78 is 14.5. The summed E-state index contributed by atoms with van der Waals surface area (Å²) in [7, 11) is 0. The van der Waals surface area contributed by atoms with Crippen molar-refractivity contribution in [2.24, 2.45) is 0 Å². The molecule has 1 unspecified atom stereocenters. The molecule has 0 aliphatic carbocycles. The molecule has 1 atom stereocenters. The van der Waals surface area contributed by atoms with Gasteiger partial charge in [0.2, 0.25) is 0 Å². The normalized spacial score (nSPS) is 12.3. The maximum atomic E-state index is 13.3. The lowest BCUT2D eigenvalue weighted by molar-refractivity contribution is -0.141. The van der Waals surface area contributed by atoms with Gasteiger partial charge in [0.25, 0.3) is 0 Å². The average Bonchev–Trinajstić information content (AvgIpc) is 2.88. The Morgan fingerprint density at radius 3 is 3.00 bits per heavy atom. The topological polar surface area (TPSA) is 80.9 Å². The number of hydrogen-bond donors (Lipinski definition) is 1. The summed E-state index contributed by atoms with van der Waals surface area (Å²) in [6.45, 7) is 0. The van der Waals surface area contributed by atoms with E-state index in [0.717, 1.165) is 0 Å². The zero-order valence-corrected chi connectivity index (χ0v) is 11.5. The van der Waals surface area contributed by atoms with E-state index in [4.69, 9.17) is 0 Å². The van der Waals surface area contributed by atoms with Gasteiger partial charge in [0, 0.05) is 5.56 Å². The molecular weight excluding hydrogens is 283 g/mol. The highest BCUT2D eigenvalue weighted by Gasteiger charge is 2.24. The number of carbonyl (C=O) groups is 1. The van der Waals surface area contributed by atoms with Gasteiger partial charge in [-0.25, -0.2) is 13.9 Å². The Bertz CT molecular complexity index is 605. The fraction of sp³-hybridized carbons (Fsp3) is 0.333. The Morgan fingerprint density at radius 1 is 1.55 bits per heavy atom. The molecule has 20 heavy (non-hydrogen) atoms. The molecule has 1 aromatic heterocycles. The van der Waals surface area contributed by atoms with Crippen LogP contribution in [0.3, 0.4) is 0 Å². The van der Waals surface area contributed by atoms with E-state index in [1.54, 1.807) is 17.8 Å². The minimum Gasteiger partial charge on any atom is -0.480 e. The van der Waals surface area contributed by atoms with E-state index in [2.05, 4.69) is 15.5 Å². The van der Waals surface area contributed by atoms with E-state index >= 15 is 0 Å². The molecule has 0 fully saturated rings. The Balaban J connectivity index is 2.38. The van der Waals surface area contributed by atoms with Gasteiger partial charge in [-0.05, 0) is 41.0 Å². The number of aliphatic carboxylic acids is 1. The zero-order chi connectivity index (χ0) is 14.5. The van der Waals surface area contributed by atoms with Gasteiger partial charge in [-0.1, -0.05) is 12.1 Å². The smallest absolute Gasteiger partial charge is 0.328 e. The number of nitrogens with zero attached hydrogens (tertiary/aromatic N) is 4. The third kappa shape index (κ3) is 3.13. The van der Waals surface area contributed by atoms with E-state index in [0.29, 0.717) is 17.7 Å². The van der Waals surface area contributed by atoms with Crippen LogP contribution in [0.5, 0.6) is 0 Å². The van der Waals surface area contributed by atoms with Crippen molar-refractivity contribution >= 4 is 17.7 Å². The van der Waals surface area contributed by atoms with E-state index in [1.807, 2.05) is 6.26 Å². The highest BCUT2D eigenvalue weighted by atomic mass is 32.2. The summed E-state index contributed by atoms with van der Waals surface area (Å²) in [6, 6.07) is 4.88. The van der Waals surface area contributed by atoms with Crippen LogP contribution >= 0.6 is 11.8 Å². The lowest BCUT2D eigenvalue weighted by atomic mass is 10.2. The van der Waals surface area contributed by atoms with Crippen molar-refractivity contribution in [2.75, 3.05) is 12.0 Å². The van der Waals surface area contributed by atoms with E-state index in [-0.39, 0.29) is 5.82 Å². The second-order valence-electron chi connectivity index (χ2n) is 4.09. The Kier molecular flexibility index (Phi) is 4.67. The number of carboxylic acids is 1. The maximum Gasteiger partial charge on any atom is 0.328 e. The third-order valence-electron chi connectivity index (χ3n) is 2.75. The van der Waals surface area contributed by atoms with Gasteiger partial charge in [-0.2, -0.15) is 11.8 Å². The van der Waals surface area contributed by atoms with Crippen LogP contribution in [0, 0.1) is 5.82 Å². The molecule has 0 amide bonds. The first kappa shape index (κ1) is 14.4. The molecule has 8 heteroatoms. The largest absolute Gasteiger partial charge is 0.480 e. The molecule has 1 N–H and O–H groups in total. The average molecular weight is 296 g/mol. The first-order chi connectivity index (χ1) is 9.63. The summed E-state index contributed by atoms with van der Waals surface area (Å²) in [5, 5.41) is 20.4. The minimum atomic E-state index is -1.01. The molecule has 1 aromatic carbocycles. The number of carboxylic acid groups (broad SMARTS) is 1. The van der Waals surface area contributed by atoms with E-state index < -0.39 is 17.8 Å². The monoisotopic (exact) mass is 296 g/mol. The minimum absolute atomic E-state index is 0.248. The molecule has 2 rings (SSSR count). The fourth-order valence-electron chi connectivity index (χ4n) is 1.80. The van der Waals surface area contributed by atoms with Gasteiger partial charge in [-0.15, -0.1) is 5.10 Å². The van der Waals surface area contributed by atoms with Crippen LogP contribution in [0.4, 0.5) is 4.39 Å². The standard InChI is InChI=1S/C12H13FN4O2S/c1-20-6-5-10(12(18)19)17-11(14-15-16-17)8-3-2-4-9(13)7-8/h2-4,7,10H,5-6H2,1H3,(H,18,19). The van der Waals surface area contributed by atoms with Crippen molar-refractivity contribution in [1.29, 1.82) is 0 Å². The molecule has 2 aromatic rings. The summed E-state index contributed by atoms with van der Waals surface area (Å²) in [5.41, 5.74) is 0.449. The number of aromatic nitrogens is 4. The van der Waals surface area contributed by atoms with Crippen LogP contribution in [0.25, 0.3) is 11.4 Å². The number of thioether (sulfide) groups is 1. The van der Waals surface area contributed by atoms with E-state index in [9.17, 15) is 14.3 Å². The second kappa shape index (κ2) is 6.47. The van der Waals surface area contributed by atoms with Gasteiger partial charge < -0.3 is 5.11 Å². The van der Waals surface area contributed by atoms with Crippen LogP contribution in [-0.2, 0) is 4.79 Å².